The van der Waals surface area contributed by atoms with Crippen LogP contribution in [0.1, 0.15) is 11.1 Å². The first-order valence-electron chi connectivity index (χ1n) is 7.62. The van der Waals surface area contributed by atoms with Gasteiger partial charge in [-0.1, -0.05) is 12.1 Å². The zero-order chi connectivity index (χ0) is 16.7. The highest BCUT2D eigenvalue weighted by Gasteiger charge is 2.07. The molecule has 1 aromatic carbocycles. The molecule has 1 amide bonds. The summed E-state index contributed by atoms with van der Waals surface area (Å²) in [4.78, 5) is 13.9. The predicted octanol–water partition coefficient (Wildman–Crippen LogP) is 1.22. The number of aryl methyl sites for hydroxylation is 1. The summed E-state index contributed by atoms with van der Waals surface area (Å²) in [5.41, 5.74) is 2.27. The van der Waals surface area contributed by atoms with Crippen LogP contribution in [0.5, 0.6) is 5.75 Å². The molecule has 0 aliphatic rings. The molecule has 124 valence electrons. The summed E-state index contributed by atoms with van der Waals surface area (Å²) in [5, 5.41) is 7.07. The predicted molar refractivity (Wildman–Crippen MR) is 89.2 cm³/mol. The third-order valence-corrected chi connectivity index (χ3v) is 3.52. The van der Waals surface area contributed by atoms with Gasteiger partial charge in [-0.2, -0.15) is 5.10 Å². The highest BCUT2D eigenvalue weighted by molar-refractivity contribution is 5.77. The maximum absolute atomic E-state index is 11.9. The normalized spacial score (nSPS) is 10.8. The van der Waals surface area contributed by atoms with Gasteiger partial charge >= 0.3 is 0 Å². The molecule has 1 aromatic heterocycles. The topological polar surface area (TPSA) is 59.4 Å². The Balaban J connectivity index is 1.67. The molecule has 0 saturated heterocycles. The van der Waals surface area contributed by atoms with Crippen LogP contribution in [0.3, 0.4) is 0 Å². The van der Waals surface area contributed by atoms with Crippen molar-refractivity contribution in [3.8, 4) is 5.75 Å². The molecular formula is C17H24N4O2. The Hall–Kier alpha value is -2.34. The van der Waals surface area contributed by atoms with Crippen LogP contribution in [-0.4, -0.2) is 47.8 Å². The number of likely N-dealkylation sites (N-methyl/N-ethyl adjacent to an activating group) is 1. The lowest BCUT2D eigenvalue weighted by Crippen LogP contribution is -2.35. The molecule has 0 atom stereocenters. The van der Waals surface area contributed by atoms with Crippen LogP contribution in [0.25, 0.3) is 0 Å². The molecule has 6 heteroatoms. The van der Waals surface area contributed by atoms with Crippen molar-refractivity contribution in [3.63, 3.8) is 0 Å². The van der Waals surface area contributed by atoms with Crippen LogP contribution < -0.4 is 10.1 Å². The number of hydrogen-bond donors (Lipinski definition) is 1. The lowest BCUT2D eigenvalue weighted by atomic mass is 10.1. The van der Waals surface area contributed by atoms with E-state index in [9.17, 15) is 4.79 Å². The molecular weight excluding hydrogens is 292 g/mol. The fourth-order valence-corrected chi connectivity index (χ4v) is 2.36. The van der Waals surface area contributed by atoms with Gasteiger partial charge in [0.2, 0.25) is 5.91 Å². The van der Waals surface area contributed by atoms with Crippen LogP contribution in [0.4, 0.5) is 0 Å². The second-order valence-corrected chi connectivity index (χ2v) is 5.64. The van der Waals surface area contributed by atoms with Crippen molar-refractivity contribution in [2.24, 2.45) is 7.05 Å². The Bertz CT molecular complexity index is 622. The van der Waals surface area contributed by atoms with E-state index >= 15 is 0 Å². The summed E-state index contributed by atoms with van der Waals surface area (Å²) in [6, 6.07) is 7.89. The van der Waals surface area contributed by atoms with Crippen molar-refractivity contribution in [2.45, 2.75) is 13.0 Å². The second kappa shape index (κ2) is 8.33. The average Bonchev–Trinajstić information content (AvgIpc) is 2.92. The van der Waals surface area contributed by atoms with Gasteiger partial charge in [-0.15, -0.1) is 0 Å². The molecule has 0 bridgehead atoms. The molecule has 0 aliphatic heterocycles. The maximum Gasteiger partial charge on any atom is 0.234 e. The quantitative estimate of drug-likeness (QED) is 0.795. The highest BCUT2D eigenvalue weighted by Crippen LogP contribution is 2.11. The molecule has 0 aliphatic carbocycles. The Morgan fingerprint density at radius 2 is 2.04 bits per heavy atom. The van der Waals surface area contributed by atoms with E-state index < -0.39 is 0 Å². The molecule has 1 heterocycles. The monoisotopic (exact) mass is 316 g/mol. The van der Waals surface area contributed by atoms with Crippen molar-refractivity contribution in [2.75, 3.05) is 27.2 Å². The van der Waals surface area contributed by atoms with Gasteiger partial charge in [-0.25, -0.2) is 0 Å². The molecule has 0 radical (unpaired) electrons. The average molecular weight is 316 g/mol. The first kappa shape index (κ1) is 17.0. The van der Waals surface area contributed by atoms with Crippen LogP contribution in [0.2, 0.25) is 0 Å². The van der Waals surface area contributed by atoms with Crippen LogP contribution in [0, 0.1) is 0 Å². The zero-order valence-corrected chi connectivity index (χ0v) is 14.0. The number of amides is 1. The Morgan fingerprint density at radius 3 is 2.65 bits per heavy atom. The highest BCUT2D eigenvalue weighted by atomic mass is 16.5. The van der Waals surface area contributed by atoms with Gasteiger partial charge in [0.05, 0.1) is 19.9 Å². The van der Waals surface area contributed by atoms with Gasteiger partial charge < -0.3 is 10.1 Å². The molecule has 0 saturated carbocycles. The number of carbonyl (C=O) groups is 1. The number of carbonyl (C=O) groups excluding carboxylic acids is 1. The minimum Gasteiger partial charge on any atom is -0.497 e. The number of ether oxygens (including phenoxy) is 1. The van der Waals surface area contributed by atoms with Gasteiger partial charge in [0.15, 0.2) is 0 Å². The van der Waals surface area contributed by atoms with Gasteiger partial charge in [0.1, 0.15) is 5.75 Å². The minimum absolute atomic E-state index is 0.0323. The fraction of sp³-hybridized carbons (Fsp3) is 0.412. The summed E-state index contributed by atoms with van der Waals surface area (Å²) in [5.74, 6) is 0.875. The largest absolute Gasteiger partial charge is 0.497 e. The first-order chi connectivity index (χ1) is 11.1. The number of benzene rings is 1. The van der Waals surface area contributed by atoms with Crippen LogP contribution in [-0.2, 0) is 24.8 Å². The van der Waals surface area contributed by atoms with Crippen molar-refractivity contribution in [1.82, 2.24) is 20.0 Å². The number of methoxy groups -OCH3 is 1. The lowest BCUT2D eigenvalue weighted by molar-refractivity contribution is -0.122. The molecule has 2 rings (SSSR count). The van der Waals surface area contributed by atoms with Crippen LogP contribution >= 0.6 is 0 Å². The fourth-order valence-electron chi connectivity index (χ4n) is 2.36. The van der Waals surface area contributed by atoms with Crippen molar-refractivity contribution in [1.29, 1.82) is 0 Å². The van der Waals surface area contributed by atoms with Gasteiger partial charge in [-0.05, 0) is 31.2 Å². The summed E-state index contributed by atoms with van der Waals surface area (Å²) in [6.07, 6.45) is 4.58. The third kappa shape index (κ3) is 5.75. The number of hydrogen-bond acceptors (Lipinski definition) is 4. The van der Waals surface area contributed by atoms with E-state index in [0.717, 1.165) is 17.7 Å². The molecule has 6 nitrogen and oxygen atoms in total. The molecule has 0 unspecified atom stereocenters. The maximum atomic E-state index is 11.9. The van der Waals surface area contributed by atoms with Gasteiger partial charge in [0, 0.05) is 31.9 Å². The number of nitrogens with one attached hydrogen (secondary N) is 1. The van der Waals surface area contributed by atoms with E-state index in [1.54, 1.807) is 11.8 Å². The van der Waals surface area contributed by atoms with E-state index in [1.165, 1.54) is 5.56 Å². The number of aromatic nitrogens is 2. The zero-order valence-electron chi connectivity index (χ0n) is 14.0. The molecule has 23 heavy (non-hydrogen) atoms. The van der Waals surface area contributed by atoms with E-state index in [0.29, 0.717) is 19.6 Å². The first-order valence-corrected chi connectivity index (χ1v) is 7.62. The standard InChI is InChI=1S/C17H24N4O2/c1-20(11-15-10-19-21(2)12-15)13-17(22)18-9-8-14-4-6-16(23-3)7-5-14/h4-7,10,12H,8-9,11,13H2,1-3H3,(H,18,22). The summed E-state index contributed by atoms with van der Waals surface area (Å²) in [7, 11) is 5.46. The molecule has 2 aromatic rings. The van der Waals surface area contributed by atoms with E-state index in [4.69, 9.17) is 4.74 Å². The van der Waals surface area contributed by atoms with Gasteiger partial charge in [0.25, 0.3) is 0 Å². The summed E-state index contributed by atoms with van der Waals surface area (Å²) in [6.45, 7) is 1.71. The summed E-state index contributed by atoms with van der Waals surface area (Å²) >= 11 is 0. The third-order valence-electron chi connectivity index (χ3n) is 3.52. The van der Waals surface area contributed by atoms with Crippen molar-refractivity contribution < 1.29 is 9.53 Å². The Labute approximate surface area is 137 Å². The lowest BCUT2D eigenvalue weighted by Gasteiger charge is -2.15. The van der Waals surface area contributed by atoms with Gasteiger partial charge in [-0.3, -0.25) is 14.4 Å². The van der Waals surface area contributed by atoms with E-state index in [1.807, 2.05) is 55.7 Å². The Morgan fingerprint density at radius 1 is 1.30 bits per heavy atom. The number of nitrogens with zero attached hydrogens (tertiary/aromatic N) is 3. The van der Waals surface area contributed by atoms with E-state index in [-0.39, 0.29) is 5.91 Å². The molecule has 1 N–H and O–H groups in total. The minimum atomic E-state index is 0.0323. The molecule has 0 spiro atoms. The van der Waals surface area contributed by atoms with Crippen molar-refractivity contribution in [3.05, 3.63) is 47.8 Å². The van der Waals surface area contributed by atoms with Crippen LogP contribution in [0.15, 0.2) is 36.7 Å². The molecule has 0 fully saturated rings. The Kier molecular flexibility index (Phi) is 6.17. The number of rotatable bonds is 8. The van der Waals surface area contributed by atoms with Crippen molar-refractivity contribution >= 4 is 5.91 Å². The summed E-state index contributed by atoms with van der Waals surface area (Å²) < 4.78 is 6.89. The second-order valence-electron chi connectivity index (χ2n) is 5.64. The SMILES string of the molecule is COc1ccc(CCNC(=O)CN(C)Cc2cnn(C)c2)cc1. The van der Waals surface area contributed by atoms with E-state index in [2.05, 4.69) is 10.4 Å². The smallest absolute Gasteiger partial charge is 0.234 e.